The van der Waals surface area contributed by atoms with E-state index in [2.05, 4.69) is 60.7 Å². The average Bonchev–Trinajstić information content (AvgIpc) is 2.97. The second-order valence-electron chi connectivity index (χ2n) is 9.31. The van der Waals surface area contributed by atoms with Crippen LogP contribution >= 0.6 is 16.7 Å². The average molecular weight is 563 g/mol. The molecule has 0 aliphatic carbocycles. The monoisotopic (exact) mass is 562 g/mol. The van der Waals surface area contributed by atoms with Crippen molar-refractivity contribution in [2.75, 3.05) is 11.9 Å². The van der Waals surface area contributed by atoms with E-state index >= 15 is 0 Å². The molecule has 198 valence electrons. The summed E-state index contributed by atoms with van der Waals surface area (Å²) in [5.41, 5.74) is 2.05. The van der Waals surface area contributed by atoms with Gasteiger partial charge >= 0.3 is 0 Å². The highest BCUT2D eigenvalue weighted by molar-refractivity contribution is 7.89. The normalized spacial score (nSPS) is 12.1. The van der Waals surface area contributed by atoms with Gasteiger partial charge in [0.25, 0.3) is 10.1 Å². The second-order valence-corrected chi connectivity index (χ2v) is 14.6. The van der Waals surface area contributed by atoms with Gasteiger partial charge in [0.2, 0.25) is 0 Å². The van der Waals surface area contributed by atoms with E-state index in [1.165, 1.54) is 10.6 Å². The summed E-state index contributed by atoms with van der Waals surface area (Å²) in [5, 5.41) is 2.84. The summed E-state index contributed by atoms with van der Waals surface area (Å²) in [5.74, 6) is 0.0804. The lowest BCUT2D eigenvalue weighted by Crippen LogP contribution is -2.13. The Morgan fingerprint density at radius 1 is 0.579 bits per heavy atom. The van der Waals surface area contributed by atoms with Crippen LogP contribution in [0.15, 0.2) is 121 Å². The Bertz CT molecular complexity index is 1220. The van der Waals surface area contributed by atoms with Gasteiger partial charge in [-0.25, -0.2) is 0 Å². The lowest BCUT2D eigenvalue weighted by Gasteiger charge is -2.18. The molecule has 4 rings (SSSR count). The van der Waals surface area contributed by atoms with Crippen LogP contribution in [0.3, 0.4) is 0 Å². The predicted octanol–water partition coefficient (Wildman–Crippen LogP) is 7.80. The van der Waals surface area contributed by atoms with Crippen molar-refractivity contribution < 1.29 is 12.4 Å². The minimum absolute atomic E-state index is 0.0804. The minimum atomic E-state index is -3.56. The topological polar surface area (TPSA) is 43.4 Å². The Balaban J connectivity index is 1.20. The zero-order valence-electron chi connectivity index (χ0n) is 21.7. The van der Waals surface area contributed by atoms with Crippen molar-refractivity contribution in [1.29, 1.82) is 0 Å². The van der Waals surface area contributed by atoms with Crippen LogP contribution in [0.1, 0.15) is 48.9 Å². The van der Waals surface area contributed by atoms with Crippen molar-refractivity contribution >= 4 is 37.5 Å². The predicted molar refractivity (Wildman–Crippen MR) is 165 cm³/mol. The third kappa shape index (κ3) is 9.14. The maximum atomic E-state index is 12.7. The van der Waals surface area contributed by atoms with E-state index in [1.807, 2.05) is 60.7 Å². The first-order chi connectivity index (χ1) is 18.6. The van der Waals surface area contributed by atoms with E-state index in [9.17, 15) is 8.42 Å². The van der Waals surface area contributed by atoms with Crippen LogP contribution in [0, 0.1) is 0 Å². The van der Waals surface area contributed by atoms with Crippen molar-refractivity contribution in [3.05, 3.63) is 132 Å². The third-order valence-corrected chi connectivity index (χ3v) is 12.2. The van der Waals surface area contributed by atoms with Gasteiger partial charge in [-0.2, -0.15) is 8.42 Å². The standard InChI is InChI=1S/C32H36O3P2S/c33-38(34,35-36-32(28-18-8-4-9-19-28)29-20-10-5-11-21-29)27-17-3-1-2-16-26-37(30-22-12-6-13-23-30)31-24-14-7-15-25-31/h4-15,18-25,32,36H,1-3,16-17,26-27H2. The summed E-state index contributed by atoms with van der Waals surface area (Å²) in [6.45, 7) is 0. The first kappa shape index (κ1) is 28.7. The lowest BCUT2D eigenvalue weighted by atomic mass is 10.0. The Hall–Kier alpha value is -2.35. The summed E-state index contributed by atoms with van der Waals surface area (Å²) in [6, 6.07) is 41.6. The second kappa shape index (κ2) is 15.3. The Kier molecular flexibility index (Phi) is 11.5. The van der Waals surface area contributed by atoms with Gasteiger partial charge in [-0.05, 0) is 48.7 Å². The fourth-order valence-electron chi connectivity index (χ4n) is 4.48. The van der Waals surface area contributed by atoms with Gasteiger partial charge in [0.15, 0.2) is 0 Å². The summed E-state index contributed by atoms with van der Waals surface area (Å²) < 4.78 is 30.9. The molecule has 0 radical (unpaired) electrons. The molecule has 0 fully saturated rings. The molecule has 0 spiro atoms. The number of rotatable bonds is 15. The Labute approximate surface area is 231 Å². The van der Waals surface area contributed by atoms with E-state index in [1.54, 1.807) is 0 Å². The van der Waals surface area contributed by atoms with Crippen LogP contribution in [0.4, 0.5) is 0 Å². The molecule has 0 aliphatic heterocycles. The van der Waals surface area contributed by atoms with Gasteiger partial charge < -0.3 is 0 Å². The van der Waals surface area contributed by atoms with Gasteiger partial charge in [-0.15, -0.1) is 0 Å². The highest BCUT2D eigenvalue weighted by atomic mass is 32.2. The molecule has 0 amide bonds. The minimum Gasteiger partial charge on any atom is -0.250 e. The maximum Gasteiger partial charge on any atom is 0.270 e. The SMILES string of the molecule is O=S(=O)(CCCCCCCP(c1ccccc1)c1ccccc1)OPC(c1ccccc1)c1ccccc1. The van der Waals surface area contributed by atoms with Gasteiger partial charge in [0.1, 0.15) is 0 Å². The zero-order chi connectivity index (χ0) is 26.5. The van der Waals surface area contributed by atoms with Crippen LogP contribution < -0.4 is 10.6 Å². The van der Waals surface area contributed by atoms with Crippen molar-refractivity contribution in [3.8, 4) is 0 Å². The molecule has 4 aromatic carbocycles. The summed E-state index contributed by atoms with van der Waals surface area (Å²) in [6.07, 6.45) is 6.01. The number of hydrogen-bond acceptors (Lipinski definition) is 3. The molecule has 1 unspecified atom stereocenters. The molecule has 0 saturated heterocycles. The number of benzene rings is 4. The molecule has 4 aromatic rings. The van der Waals surface area contributed by atoms with Gasteiger partial charge in [0.05, 0.1) is 11.4 Å². The molecule has 0 heterocycles. The Morgan fingerprint density at radius 2 is 1.00 bits per heavy atom. The zero-order valence-corrected chi connectivity index (χ0v) is 24.4. The molecule has 0 aromatic heterocycles. The summed E-state index contributed by atoms with van der Waals surface area (Å²) >= 11 is 0. The molecular weight excluding hydrogens is 526 g/mol. The quantitative estimate of drug-likeness (QED) is 0.110. The van der Waals surface area contributed by atoms with E-state index in [-0.39, 0.29) is 28.1 Å². The van der Waals surface area contributed by atoms with Crippen LogP contribution in [0.5, 0.6) is 0 Å². The summed E-state index contributed by atoms with van der Waals surface area (Å²) in [4.78, 5) is 0. The molecule has 0 saturated carbocycles. The first-order valence-corrected chi connectivity index (χ1v) is 17.4. The largest absolute Gasteiger partial charge is 0.270 e. The van der Waals surface area contributed by atoms with E-state index in [0.717, 1.165) is 43.0 Å². The van der Waals surface area contributed by atoms with Crippen LogP contribution in [0.2, 0.25) is 0 Å². The van der Waals surface area contributed by atoms with Gasteiger partial charge in [0, 0.05) is 8.81 Å². The van der Waals surface area contributed by atoms with Crippen molar-refractivity contribution in [3.63, 3.8) is 0 Å². The molecule has 0 bridgehead atoms. The van der Waals surface area contributed by atoms with Crippen molar-refractivity contribution in [2.24, 2.45) is 0 Å². The van der Waals surface area contributed by atoms with Crippen LogP contribution in [-0.4, -0.2) is 20.3 Å². The smallest absolute Gasteiger partial charge is 0.250 e. The highest BCUT2D eigenvalue weighted by Gasteiger charge is 2.19. The lowest BCUT2D eigenvalue weighted by molar-refractivity contribution is 0.506. The van der Waals surface area contributed by atoms with Gasteiger partial charge in [-0.3, -0.25) is 3.97 Å². The van der Waals surface area contributed by atoms with Crippen LogP contribution in [-0.2, 0) is 14.1 Å². The van der Waals surface area contributed by atoms with Gasteiger partial charge in [-0.1, -0.05) is 141 Å². The fourth-order valence-corrected chi connectivity index (χ4v) is 9.42. The van der Waals surface area contributed by atoms with Crippen LogP contribution in [0.25, 0.3) is 0 Å². The number of hydrogen-bond donors (Lipinski definition) is 0. The first-order valence-electron chi connectivity index (χ1n) is 13.3. The van der Waals surface area contributed by atoms with E-state index in [4.69, 9.17) is 3.97 Å². The highest BCUT2D eigenvalue weighted by Crippen LogP contribution is 2.42. The molecule has 6 heteroatoms. The van der Waals surface area contributed by atoms with E-state index < -0.39 is 10.1 Å². The summed E-state index contributed by atoms with van der Waals surface area (Å²) in [7, 11) is -4.09. The van der Waals surface area contributed by atoms with Crippen molar-refractivity contribution in [1.82, 2.24) is 0 Å². The molecular formula is C32H36O3P2S. The molecule has 0 N–H and O–H groups in total. The van der Waals surface area contributed by atoms with E-state index in [0.29, 0.717) is 6.42 Å². The molecule has 0 aliphatic rings. The number of unbranched alkanes of at least 4 members (excludes halogenated alkanes) is 4. The molecule has 38 heavy (non-hydrogen) atoms. The molecule has 3 nitrogen and oxygen atoms in total. The van der Waals surface area contributed by atoms with Crippen molar-refractivity contribution in [2.45, 2.75) is 37.8 Å². The molecule has 1 atom stereocenters. The Morgan fingerprint density at radius 3 is 1.50 bits per heavy atom. The maximum absolute atomic E-state index is 12.7. The fraction of sp³-hybridized carbons (Fsp3) is 0.250. The third-order valence-electron chi connectivity index (χ3n) is 6.47.